The average molecular weight is 408 g/mol. The number of halogens is 2. The van der Waals surface area contributed by atoms with E-state index in [9.17, 15) is 8.78 Å². The zero-order valence-electron chi connectivity index (χ0n) is 16.4. The van der Waals surface area contributed by atoms with Gasteiger partial charge in [-0.15, -0.1) is 10.2 Å². The minimum Gasteiger partial charge on any atom is -0.351 e. The molecule has 2 saturated heterocycles. The summed E-state index contributed by atoms with van der Waals surface area (Å²) in [6.07, 6.45) is 8.64. The van der Waals surface area contributed by atoms with Gasteiger partial charge >= 0.3 is 0 Å². The number of H-pyrrole nitrogens is 1. The summed E-state index contributed by atoms with van der Waals surface area (Å²) in [5, 5.41) is 18.8. The van der Waals surface area contributed by atoms with E-state index in [4.69, 9.17) is 0 Å². The van der Waals surface area contributed by atoms with Gasteiger partial charge < -0.3 is 10.2 Å². The maximum Gasteiger partial charge on any atom is 0.168 e. The number of aromatic nitrogens is 4. The summed E-state index contributed by atoms with van der Waals surface area (Å²) in [5.41, 5.74) is 2.24. The summed E-state index contributed by atoms with van der Waals surface area (Å²) < 4.78 is 29.6. The van der Waals surface area contributed by atoms with Gasteiger partial charge in [-0.3, -0.25) is 5.10 Å². The minimum absolute atomic E-state index is 0.133. The number of anilines is 1. The van der Waals surface area contributed by atoms with E-state index in [-0.39, 0.29) is 11.1 Å². The summed E-state index contributed by atoms with van der Waals surface area (Å²) in [5.74, 6) is -0.906. The maximum atomic E-state index is 14.9. The molecule has 0 radical (unpaired) electrons. The number of fused-ring (bicyclic) bond motifs is 3. The molecule has 6 nitrogen and oxygen atoms in total. The van der Waals surface area contributed by atoms with Gasteiger partial charge in [0.1, 0.15) is 0 Å². The molecule has 3 aliphatic rings. The summed E-state index contributed by atoms with van der Waals surface area (Å²) >= 11 is 0. The topological polar surface area (TPSA) is 69.7 Å². The van der Waals surface area contributed by atoms with Gasteiger partial charge in [0, 0.05) is 53.1 Å². The van der Waals surface area contributed by atoms with Crippen molar-refractivity contribution in [3.05, 3.63) is 47.8 Å². The number of rotatable bonds is 3. The lowest BCUT2D eigenvalue weighted by Gasteiger charge is -2.36. The van der Waals surface area contributed by atoms with E-state index in [2.05, 4.69) is 30.6 Å². The van der Waals surface area contributed by atoms with E-state index in [0.717, 1.165) is 37.2 Å². The van der Waals surface area contributed by atoms with E-state index in [1.54, 1.807) is 12.1 Å². The number of benzene rings is 1. The van der Waals surface area contributed by atoms with Gasteiger partial charge in [-0.2, -0.15) is 5.10 Å². The predicted octanol–water partition coefficient (Wildman–Crippen LogP) is 3.46. The molecule has 3 aromatic rings. The first kappa shape index (κ1) is 17.9. The predicted molar refractivity (Wildman–Crippen MR) is 109 cm³/mol. The zero-order valence-corrected chi connectivity index (χ0v) is 16.4. The second-order valence-electron chi connectivity index (χ2n) is 8.56. The third kappa shape index (κ3) is 2.81. The molecular formula is C22H22F2N6. The molecule has 6 rings (SSSR count). The van der Waals surface area contributed by atoms with Crippen molar-refractivity contribution >= 4 is 5.82 Å². The van der Waals surface area contributed by atoms with Crippen LogP contribution in [0.1, 0.15) is 31.2 Å². The number of hydrogen-bond donors (Lipinski definition) is 2. The normalized spacial score (nSPS) is 25.0. The molecule has 8 heteroatoms. The van der Waals surface area contributed by atoms with Gasteiger partial charge in [0.2, 0.25) is 0 Å². The second-order valence-corrected chi connectivity index (χ2v) is 8.56. The maximum absolute atomic E-state index is 14.9. The molecule has 0 amide bonds. The van der Waals surface area contributed by atoms with Crippen molar-refractivity contribution < 1.29 is 8.78 Å². The summed E-state index contributed by atoms with van der Waals surface area (Å²) in [6.45, 7) is 0.911. The van der Waals surface area contributed by atoms with Crippen molar-refractivity contribution in [1.29, 1.82) is 0 Å². The molecule has 3 atom stereocenters. The third-order valence-electron chi connectivity index (χ3n) is 6.80. The number of nitrogens with zero attached hydrogens (tertiary/aromatic N) is 4. The first-order valence-corrected chi connectivity index (χ1v) is 10.5. The highest BCUT2D eigenvalue weighted by atomic mass is 19.2. The van der Waals surface area contributed by atoms with Gasteiger partial charge in [0.25, 0.3) is 0 Å². The summed E-state index contributed by atoms with van der Waals surface area (Å²) in [6, 6.07) is 6.69. The molecule has 0 saturated carbocycles. The number of nitrogens with one attached hydrogen (secondary N) is 2. The molecule has 154 valence electrons. The Hall–Kier alpha value is -2.87. The molecule has 2 aromatic heterocycles. The molecule has 2 N–H and O–H groups in total. The molecule has 2 fully saturated rings. The molecule has 3 aliphatic heterocycles. The largest absolute Gasteiger partial charge is 0.351 e. The smallest absolute Gasteiger partial charge is 0.168 e. The van der Waals surface area contributed by atoms with Crippen LogP contribution in [0.2, 0.25) is 0 Å². The molecule has 0 spiro atoms. The lowest BCUT2D eigenvalue weighted by atomic mass is 9.98. The Morgan fingerprint density at radius 3 is 2.53 bits per heavy atom. The van der Waals surface area contributed by atoms with Gasteiger partial charge in [-0.05, 0) is 44.2 Å². The van der Waals surface area contributed by atoms with Crippen LogP contribution < -0.4 is 10.2 Å². The fourth-order valence-electron chi connectivity index (χ4n) is 5.33. The Balaban J connectivity index is 1.31. The van der Waals surface area contributed by atoms with E-state index in [1.807, 2.05) is 6.07 Å². The van der Waals surface area contributed by atoms with Crippen molar-refractivity contribution in [3.8, 4) is 22.4 Å². The third-order valence-corrected chi connectivity index (χ3v) is 6.80. The Labute approximate surface area is 172 Å². The second kappa shape index (κ2) is 6.84. The summed E-state index contributed by atoms with van der Waals surface area (Å²) in [4.78, 5) is 2.37. The quantitative estimate of drug-likeness (QED) is 0.695. The lowest BCUT2D eigenvalue weighted by molar-refractivity contribution is 0.349. The number of piperidine rings is 1. The first-order valence-electron chi connectivity index (χ1n) is 10.5. The van der Waals surface area contributed by atoms with Crippen LogP contribution in [-0.4, -0.2) is 45.1 Å². The number of aromatic amines is 1. The van der Waals surface area contributed by atoms with E-state index < -0.39 is 11.6 Å². The SMILES string of the molecule is Fc1c(-c2cn[nH]c2)ccc(-c2cc3c(nn2)N(C2C[C@H]4CC[C@@H](C2)N4)CC3)c1F. The van der Waals surface area contributed by atoms with Crippen LogP contribution in [0.15, 0.2) is 30.6 Å². The first-order chi connectivity index (χ1) is 14.7. The molecule has 1 unspecified atom stereocenters. The molecule has 0 aliphatic carbocycles. The minimum atomic E-state index is -0.910. The van der Waals surface area contributed by atoms with Crippen molar-refractivity contribution in [3.63, 3.8) is 0 Å². The van der Waals surface area contributed by atoms with Crippen LogP contribution in [0.25, 0.3) is 22.4 Å². The van der Waals surface area contributed by atoms with Crippen LogP contribution in [0.5, 0.6) is 0 Å². The Kier molecular flexibility index (Phi) is 4.09. The fourth-order valence-corrected chi connectivity index (χ4v) is 5.33. The average Bonchev–Trinajstić information content (AvgIpc) is 3.50. The Morgan fingerprint density at radius 2 is 1.77 bits per heavy atom. The molecule has 30 heavy (non-hydrogen) atoms. The van der Waals surface area contributed by atoms with Gasteiger partial charge in [-0.1, -0.05) is 6.07 Å². The molecule has 2 bridgehead atoms. The molecular weight excluding hydrogens is 386 g/mol. The highest BCUT2D eigenvalue weighted by Crippen LogP contribution is 2.37. The molecule has 1 aromatic carbocycles. The standard InChI is InChI=1S/C22H22F2N6/c23-20-17(13-10-25-26-11-13)3-4-18(21(20)24)19-7-12-5-6-30(22(12)29-28-19)16-8-14-1-2-15(9-16)27-14/h3-4,7,10-11,14-16,27H,1-2,5-6,8-9H2,(H,25,26)/t14-,15+,16?. The number of hydrogen-bond acceptors (Lipinski definition) is 5. The van der Waals surface area contributed by atoms with Crippen molar-refractivity contribution in [1.82, 2.24) is 25.7 Å². The zero-order chi connectivity index (χ0) is 20.2. The van der Waals surface area contributed by atoms with Crippen LogP contribution in [0.4, 0.5) is 14.6 Å². The van der Waals surface area contributed by atoms with Crippen molar-refractivity contribution in [2.24, 2.45) is 0 Å². The van der Waals surface area contributed by atoms with Gasteiger partial charge in [0.05, 0.1) is 11.9 Å². The highest BCUT2D eigenvalue weighted by Gasteiger charge is 2.38. The Morgan fingerprint density at radius 1 is 1.00 bits per heavy atom. The highest BCUT2D eigenvalue weighted by molar-refractivity contribution is 5.70. The Bertz CT molecular complexity index is 1090. The fraction of sp³-hybridized carbons (Fsp3) is 0.409. The lowest BCUT2D eigenvalue weighted by Crippen LogP contribution is -2.48. The van der Waals surface area contributed by atoms with Gasteiger partial charge in [-0.25, -0.2) is 8.78 Å². The van der Waals surface area contributed by atoms with Crippen LogP contribution in [0, 0.1) is 11.6 Å². The van der Waals surface area contributed by atoms with Crippen molar-refractivity contribution in [2.45, 2.75) is 50.2 Å². The van der Waals surface area contributed by atoms with Crippen molar-refractivity contribution in [2.75, 3.05) is 11.4 Å². The van der Waals surface area contributed by atoms with E-state index in [1.165, 1.54) is 25.2 Å². The monoisotopic (exact) mass is 408 g/mol. The van der Waals surface area contributed by atoms with E-state index in [0.29, 0.717) is 29.4 Å². The van der Waals surface area contributed by atoms with Gasteiger partial charge in [0.15, 0.2) is 17.5 Å². The van der Waals surface area contributed by atoms with Crippen LogP contribution in [0.3, 0.4) is 0 Å². The van der Waals surface area contributed by atoms with E-state index >= 15 is 0 Å². The van der Waals surface area contributed by atoms with Crippen LogP contribution >= 0.6 is 0 Å². The molecule has 5 heterocycles. The van der Waals surface area contributed by atoms with Crippen LogP contribution in [-0.2, 0) is 6.42 Å². The summed E-state index contributed by atoms with van der Waals surface area (Å²) in [7, 11) is 0.